The molecule has 1 aliphatic heterocycles. The Morgan fingerprint density at radius 2 is 1.52 bits per heavy atom. The molecule has 1 fully saturated rings. The third kappa shape index (κ3) is 9.40. The van der Waals surface area contributed by atoms with Crippen LogP contribution in [0.15, 0.2) is 97.1 Å². The Morgan fingerprint density at radius 1 is 0.800 bits per heavy atom. The molecule has 0 spiro atoms. The Morgan fingerprint density at radius 3 is 2.26 bits per heavy atom. The van der Waals surface area contributed by atoms with Crippen molar-refractivity contribution in [3.8, 4) is 33.4 Å². The smallest absolute Gasteiger partial charge is 0.305 e. The quantitative estimate of drug-likeness (QED) is 0.102. The summed E-state index contributed by atoms with van der Waals surface area (Å²) < 4.78 is 38.4. The van der Waals surface area contributed by atoms with Crippen LogP contribution in [0.5, 0.6) is 23.0 Å². The minimum atomic E-state index is -0.290. The molecule has 6 rings (SSSR count). The number of thiophene rings is 1. The van der Waals surface area contributed by atoms with Crippen LogP contribution in [0.2, 0.25) is 0 Å². The highest BCUT2D eigenvalue weighted by Crippen LogP contribution is 2.47. The highest BCUT2D eigenvalue weighted by atomic mass is 32.1. The minimum absolute atomic E-state index is 0.0883. The van der Waals surface area contributed by atoms with Crippen molar-refractivity contribution in [1.29, 1.82) is 0 Å². The van der Waals surface area contributed by atoms with Gasteiger partial charge in [-0.15, -0.1) is 11.3 Å². The van der Waals surface area contributed by atoms with E-state index in [2.05, 4.69) is 4.90 Å². The van der Waals surface area contributed by atoms with E-state index in [1.807, 2.05) is 77.7 Å². The van der Waals surface area contributed by atoms with Gasteiger partial charge in [-0.25, -0.2) is 4.39 Å². The maximum atomic E-state index is 13.8. The van der Waals surface area contributed by atoms with E-state index < -0.39 is 0 Å². The number of hydrogen-bond donors (Lipinski definition) is 0. The van der Waals surface area contributed by atoms with E-state index in [9.17, 15) is 14.0 Å². The standard InChI is InChI=1S/C40H41FN2O6S/c1-2-46-38(45)10-6-9-37(44)43-23-21-42(22-24-43)25-26-47-32-15-17-33(18-16-32)49-39-35-20-19-34(48-28-29-7-4-3-5-8-29)27-36(35)50-40(39)30-11-13-31(41)14-12-30/h3-5,7-8,11-20,27H,2,6,9-10,21-26,28H2,1H3. The van der Waals surface area contributed by atoms with Gasteiger partial charge < -0.3 is 23.8 Å². The lowest BCUT2D eigenvalue weighted by Crippen LogP contribution is -2.49. The molecule has 0 radical (unpaired) electrons. The first-order valence-corrected chi connectivity index (χ1v) is 17.8. The van der Waals surface area contributed by atoms with Crippen molar-refractivity contribution < 1.29 is 32.9 Å². The predicted octanol–water partition coefficient (Wildman–Crippen LogP) is 8.34. The van der Waals surface area contributed by atoms with Crippen molar-refractivity contribution >= 4 is 33.3 Å². The largest absolute Gasteiger partial charge is 0.492 e. The van der Waals surface area contributed by atoms with Crippen LogP contribution in [0.3, 0.4) is 0 Å². The van der Waals surface area contributed by atoms with Crippen LogP contribution in [0.1, 0.15) is 31.7 Å². The number of piperazine rings is 1. The normalized spacial score (nSPS) is 13.3. The lowest BCUT2D eigenvalue weighted by Gasteiger charge is -2.34. The molecular weight excluding hydrogens is 656 g/mol. The van der Waals surface area contributed by atoms with Gasteiger partial charge in [-0.2, -0.15) is 0 Å². The molecule has 0 bridgehead atoms. The van der Waals surface area contributed by atoms with Gasteiger partial charge in [0.1, 0.15) is 36.3 Å². The summed E-state index contributed by atoms with van der Waals surface area (Å²) in [4.78, 5) is 29.1. The number of hydrogen-bond acceptors (Lipinski definition) is 8. The van der Waals surface area contributed by atoms with Crippen LogP contribution < -0.4 is 14.2 Å². The lowest BCUT2D eigenvalue weighted by molar-refractivity contribution is -0.143. The molecule has 0 saturated carbocycles. The van der Waals surface area contributed by atoms with Crippen LogP contribution in [-0.2, 0) is 20.9 Å². The van der Waals surface area contributed by atoms with Crippen LogP contribution >= 0.6 is 11.3 Å². The van der Waals surface area contributed by atoms with Gasteiger partial charge in [0.15, 0.2) is 5.75 Å². The van der Waals surface area contributed by atoms with E-state index in [4.69, 9.17) is 18.9 Å². The zero-order valence-electron chi connectivity index (χ0n) is 28.1. The van der Waals surface area contributed by atoms with Gasteiger partial charge in [-0.1, -0.05) is 42.5 Å². The highest BCUT2D eigenvalue weighted by Gasteiger charge is 2.21. The van der Waals surface area contributed by atoms with E-state index in [-0.39, 0.29) is 24.1 Å². The monoisotopic (exact) mass is 696 g/mol. The van der Waals surface area contributed by atoms with Gasteiger partial charge in [-0.3, -0.25) is 14.5 Å². The van der Waals surface area contributed by atoms with Crippen LogP contribution in [0.25, 0.3) is 20.5 Å². The Bertz CT molecular complexity index is 1860. The summed E-state index contributed by atoms with van der Waals surface area (Å²) in [6.07, 6.45) is 1.15. The number of amides is 1. The molecule has 4 aromatic carbocycles. The predicted molar refractivity (Wildman–Crippen MR) is 194 cm³/mol. The number of esters is 1. The summed E-state index contributed by atoms with van der Waals surface area (Å²) in [5.41, 5.74) is 1.96. The first-order chi connectivity index (χ1) is 24.4. The minimum Gasteiger partial charge on any atom is -0.492 e. The van der Waals surface area contributed by atoms with Gasteiger partial charge in [0.25, 0.3) is 0 Å². The number of fused-ring (bicyclic) bond motifs is 1. The molecule has 1 aliphatic rings. The van der Waals surface area contributed by atoms with Gasteiger partial charge in [0.05, 0.1) is 11.5 Å². The first-order valence-electron chi connectivity index (χ1n) is 17.0. The van der Waals surface area contributed by atoms with Gasteiger partial charge in [0, 0.05) is 55.7 Å². The third-order valence-electron chi connectivity index (χ3n) is 8.49. The molecule has 5 aromatic rings. The molecule has 2 heterocycles. The molecule has 260 valence electrons. The summed E-state index contributed by atoms with van der Waals surface area (Å²) in [7, 11) is 0. The van der Waals surface area contributed by atoms with E-state index in [0.29, 0.717) is 57.3 Å². The second kappa shape index (κ2) is 17.1. The van der Waals surface area contributed by atoms with Crippen LogP contribution in [0.4, 0.5) is 4.39 Å². The topological polar surface area (TPSA) is 77.5 Å². The molecule has 0 unspecified atom stereocenters. The molecule has 8 nitrogen and oxygen atoms in total. The number of nitrogens with zero attached hydrogens (tertiary/aromatic N) is 2. The SMILES string of the molecule is CCOC(=O)CCCC(=O)N1CCN(CCOc2ccc(Oc3c(-c4ccc(F)cc4)sc4cc(OCc5ccccc5)ccc34)cc2)CC1. The first kappa shape index (κ1) is 34.9. The second-order valence-electron chi connectivity index (χ2n) is 12.0. The molecular formula is C40H41FN2O6S. The molecule has 0 N–H and O–H groups in total. The fourth-order valence-electron chi connectivity index (χ4n) is 5.79. The highest BCUT2D eigenvalue weighted by molar-refractivity contribution is 7.22. The van der Waals surface area contributed by atoms with Gasteiger partial charge in [-0.05, 0) is 79.1 Å². The van der Waals surface area contributed by atoms with Gasteiger partial charge >= 0.3 is 5.97 Å². The number of rotatable bonds is 15. The summed E-state index contributed by atoms with van der Waals surface area (Å²) >= 11 is 1.58. The Kier molecular flexibility index (Phi) is 12.0. The van der Waals surface area contributed by atoms with E-state index >= 15 is 0 Å². The zero-order valence-corrected chi connectivity index (χ0v) is 29.0. The van der Waals surface area contributed by atoms with Crippen LogP contribution in [0, 0.1) is 5.82 Å². The number of benzene rings is 4. The molecule has 50 heavy (non-hydrogen) atoms. The van der Waals surface area contributed by atoms with Crippen molar-refractivity contribution in [2.24, 2.45) is 0 Å². The molecule has 0 atom stereocenters. The Hall–Kier alpha value is -4.93. The summed E-state index contributed by atoms with van der Waals surface area (Å²) in [6.45, 7) is 6.79. The lowest BCUT2D eigenvalue weighted by atomic mass is 10.1. The van der Waals surface area contributed by atoms with E-state index in [1.165, 1.54) is 12.1 Å². The Balaban J connectivity index is 1.03. The number of carbonyl (C=O) groups excluding carboxylic acids is 2. The third-order valence-corrected chi connectivity index (χ3v) is 9.68. The second-order valence-corrected chi connectivity index (χ2v) is 13.1. The van der Waals surface area contributed by atoms with Crippen molar-refractivity contribution in [3.63, 3.8) is 0 Å². The van der Waals surface area contributed by atoms with Crippen molar-refractivity contribution in [3.05, 3.63) is 108 Å². The average Bonchev–Trinajstić information content (AvgIpc) is 3.49. The Labute approximate surface area is 295 Å². The maximum Gasteiger partial charge on any atom is 0.305 e. The average molecular weight is 697 g/mol. The number of carbonyl (C=O) groups is 2. The van der Waals surface area contributed by atoms with E-state index in [1.54, 1.807) is 30.4 Å². The van der Waals surface area contributed by atoms with Crippen molar-refractivity contribution in [2.45, 2.75) is 32.8 Å². The molecule has 1 amide bonds. The molecule has 10 heteroatoms. The fraction of sp³-hybridized carbons (Fsp3) is 0.300. The summed E-state index contributed by atoms with van der Waals surface area (Å²) in [6, 6.07) is 30.0. The van der Waals surface area contributed by atoms with Crippen molar-refractivity contribution in [2.75, 3.05) is 45.9 Å². The zero-order chi connectivity index (χ0) is 34.7. The molecule has 0 aliphatic carbocycles. The summed E-state index contributed by atoms with van der Waals surface area (Å²) in [5, 5.41) is 0.945. The van der Waals surface area contributed by atoms with E-state index in [0.717, 1.165) is 57.2 Å². The van der Waals surface area contributed by atoms with Crippen LogP contribution in [-0.4, -0.2) is 67.6 Å². The number of halogens is 1. The maximum absolute atomic E-state index is 13.8. The van der Waals surface area contributed by atoms with Gasteiger partial charge in [0.2, 0.25) is 5.91 Å². The van der Waals surface area contributed by atoms with Crippen molar-refractivity contribution in [1.82, 2.24) is 9.80 Å². The fourth-order valence-corrected chi connectivity index (χ4v) is 6.95. The summed E-state index contributed by atoms with van der Waals surface area (Å²) in [5.74, 6) is 2.41. The molecule has 1 aromatic heterocycles. The molecule has 1 saturated heterocycles. The number of ether oxygens (including phenoxy) is 4.